The van der Waals surface area contributed by atoms with Gasteiger partial charge in [-0.05, 0) is 69.0 Å². The standard InChI is InChI=1S/C26H27N5O.C4H9NO/c1-28-20-9-7-19(8-10-20)26-24(18-27)23-12-11-22(17-25(23)31(26)21-5-2-6-21)32-16-4-15-30-14-3-13-29-30;1-4(2)5-3-6/h3,7-14,17,21,28H,2,4-6,15-16H2,1H3;3-4H,1-2H3,(H,5,6). The summed E-state index contributed by atoms with van der Waals surface area (Å²) in [5.41, 5.74) is 4.98. The van der Waals surface area contributed by atoms with Crippen molar-refractivity contribution in [3.05, 3.63) is 66.5 Å². The largest absolute Gasteiger partial charge is 0.493 e. The van der Waals surface area contributed by atoms with Crippen molar-refractivity contribution in [2.45, 2.75) is 58.2 Å². The minimum absolute atomic E-state index is 0.280. The normalized spacial score (nSPS) is 12.8. The molecule has 198 valence electrons. The molecule has 0 atom stereocenters. The van der Waals surface area contributed by atoms with Crippen molar-refractivity contribution in [3.8, 4) is 23.1 Å². The molecule has 1 aliphatic carbocycles. The van der Waals surface area contributed by atoms with E-state index in [1.165, 1.54) is 6.42 Å². The minimum Gasteiger partial charge on any atom is -0.493 e. The highest BCUT2D eigenvalue weighted by molar-refractivity contribution is 5.95. The maximum absolute atomic E-state index is 10.1. The number of benzene rings is 2. The van der Waals surface area contributed by atoms with Crippen LogP contribution in [-0.4, -0.2) is 40.5 Å². The molecule has 0 radical (unpaired) electrons. The van der Waals surface area contributed by atoms with Gasteiger partial charge in [-0.1, -0.05) is 12.1 Å². The molecule has 2 aromatic heterocycles. The lowest BCUT2D eigenvalue weighted by atomic mass is 9.92. The van der Waals surface area contributed by atoms with Crippen molar-refractivity contribution >= 4 is 23.0 Å². The molecule has 8 nitrogen and oxygen atoms in total. The Balaban J connectivity index is 0.000000505. The second-order valence-electron chi connectivity index (χ2n) is 9.71. The lowest BCUT2D eigenvalue weighted by molar-refractivity contribution is -0.109. The maximum atomic E-state index is 10.1. The van der Waals surface area contributed by atoms with Gasteiger partial charge in [0.1, 0.15) is 11.8 Å². The summed E-state index contributed by atoms with van der Waals surface area (Å²) >= 11 is 0. The van der Waals surface area contributed by atoms with Gasteiger partial charge in [0.05, 0.1) is 23.4 Å². The van der Waals surface area contributed by atoms with E-state index >= 15 is 0 Å². The van der Waals surface area contributed by atoms with E-state index < -0.39 is 0 Å². The number of amides is 1. The lowest BCUT2D eigenvalue weighted by Crippen LogP contribution is -2.19. The number of carbonyl (C=O) groups excluding carboxylic acids is 1. The molecule has 1 amide bonds. The summed E-state index contributed by atoms with van der Waals surface area (Å²) in [5.74, 6) is 0.845. The fraction of sp³-hybridized carbons (Fsp3) is 0.367. The van der Waals surface area contributed by atoms with E-state index in [0.717, 1.165) is 65.0 Å². The van der Waals surface area contributed by atoms with Gasteiger partial charge < -0.3 is 19.9 Å². The van der Waals surface area contributed by atoms with Crippen LogP contribution in [-0.2, 0) is 11.3 Å². The third-order valence-corrected chi connectivity index (χ3v) is 6.74. The number of fused-ring (bicyclic) bond motifs is 1. The van der Waals surface area contributed by atoms with Gasteiger partial charge in [0.2, 0.25) is 6.41 Å². The SMILES string of the molecule is CC(C)NC=O.CNc1ccc(-c2c(C#N)c3ccc(OCCCn4cccn4)cc3n2C2CCC2)cc1. The molecule has 2 heterocycles. The van der Waals surface area contributed by atoms with Crippen LogP contribution in [0.5, 0.6) is 5.75 Å². The average molecular weight is 513 g/mol. The molecule has 2 aromatic carbocycles. The van der Waals surface area contributed by atoms with E-state index in [1.807, 2.05) is 50.0 Å². The molecule has 0 aliphatic heterocycles. The number of ether oxygens (including phenoxy) is 1. The van der Waals surface area contributed by atoms with Gasteiger partial charge >= 0.3 is 0 Å². The Morgan fingerprint density at radius 3 is 2.55 bits per heavy atom. The second-order valence-corrected chi connectivity index (χ2v) is 9.71. The Morgan fingerprint density at radius 2 is 2.00 bits per heavy atom. The van der Waals surface area contributed by atoms with Gasteiger partial charge in [0.25, 0.3) is 0 Å². The first-order valence-electron chi connectivity index (χ1n) is 13.2. The lowest BCUT2D eigenvalue weighted by Gasteiger charge is -2.30. The fourth-order valence-electron chi connectivity index (χ4n) is 4.58. The van der Waals surface area contributed by atoms with Crippen LogP contribution in [0.2, 0.25) is 0 Å². The number of nitrogens with zero attached hydrogens (tertiary/aromatic N) is 4. The molecule has 4 aromatic rings. The van der Waals surface area contributed by atoms with Gasteiger partial charge in [-0.3, -0.25) is 9.48 Å². The van der Waals surface area contributed by atoms with Crippen LogP contribution in [0.15, 0.2) is 60.9 Å². The summed E-state index contributed by atoms with van der Waals surface area (Å²) in [6.45, 7) is 5.28. The molecular weight excluding hydrogens is 476 g/mol. The van der Waals surface area contributed by atoms with E-state index in [4.69, 9.17) is 4.74 Å². The summed E-state index contributed by atoms with van der Waals surface area (Å²) < 4.78 is 10.4. The first kappa shape index (κ1) is 26.8. The van der Waals surface area contributed by atoms with E-state index in [2.05, 4.69) is 56.7 Å². The predicted molar refractivity (Wildman–Crippen MR) is 151 cm³/mol. The zero-order valence-corrected chi connectivity index (χ0v) is 22.4. The molecular formula is C30H36N6O2. The fourth-order valence-corrected chi connectivity index (χ4v) is 4.58. The number of anilines is 1. The van der Waals surface area contributed by atoms with Gasteiger partial charge in [-0.25, -0.2) is 0 Å². The van der Waals surface area contributed by atoms with E-state index in [1.54, 1.807) is 6.20 Å². The molecule has 0 unspecified atom stereocenters. The first-order valence-corrected chi connectivity index (χ1v) is 13.2. The molecule has 0 spiro atoms. The number of nitriles is 1. The minimum atomic E-state index is 0.280. The molecule has 1 saturated carbocycles. The smallest absolute Gasteiger partial charge is 0.207 e. The molecule has 0 bridgehead atoms. The van der Waals surface area contributed by atoms with Gasteiger partial charge in [-0.2, -0.15) is 10.4 Å². The van der Waals surface area contributed by atoms with Crippen molar-refractivity contribution in [2.24, 2.45) is 0 Å². The zero-order valence-electron chi connectivity index (χ0n) is 22.4. The quantitative estimate of drug-likeness (QED) is 0.208. The number of hydrogen-bond donors (Lipinski definition) is 2. The third-order valence-electron chi connectivity index (χ3n) is 6.74. The number of carbonyl (C=O) groups is 1. The Hall–Kier alpha value is -4.25. The van der Waals surface area contributed by atoms with Gasteiger partial charge in [0.15, 0.2) is 0 Å². The number of hydrogen-bond acceptors (Lipinski definition) is 5. The van der Waals surface area contributed by atoms with Crippen LogP contribution < -0.4 is 15.4 Å². The zero-order chi connectivity index (χ0) is 26.9. The van der Waals surface area contributed by atoms with Crippen molar-refractivity contribution in [3.63, 3.8) is 0 Å². The summed E-state index contributed by atoms with van der Waals surface area (Å²) in [7, 11) is 1.91. The average Bonchev–Trinajstić information content (AvgIpc) is 3.52. The van der Waals surface area contributed by atoms with E-state index in [-0.39, 0.29) is 6.04 Å². The summed E-state index contributed by atoms with van der Waals surface area (Å²) in [6, 6.07) is 19.6. The molecule has 2 N–H and O–H groups in total. The molecule has 38 heavy (non-hydrogen) atoms. The Kier molecular flexibility index (Phi) is 9.04. The Bertz CT molecular complexity index is 1360. The van der Waals surface area contributed by atoms with Crippen molar-refractivity contribution in [1.82, 2.24) is 19.7 Å². The first-order chi connectivity index (χ1) is 18.5. The second kappa shape index (κ2) is 12.8. The van der Waals surface area contributed by atoms with Crippen molar-refractivity contribution in [1.29, 1.82) is 5.26 Å². The highest BCUT2D eigenvalue weighted by Crippen LogP contribution is 2.43. The number of aryl methyl sites for hydroxylation is 1. The predicted octanol–water partition coefficient (Wildman–Crippen LogP) is 5.75. The van der Waals surface area contributed by atoms with Crippen LogP contribution in [0.1, 0.15) is 51.1 Å². The molecule has 0 saturated heterocycles. The monoisotopic (exact) mass is 512 g/mol. The van der Waals surface area contributed by atoms with E-state index in [0.29, 0.717) is 19.1 Å². The molecule has 1 aliphatic rings. The van der Waals surface area contributed by atoms with Gasteiger partial charge in [-0.15, -0.1) is 0 Å². The highest BCUT2D eigenvalue weighted by atomic mass is 16.5. The molecule has 1 fully saturated rings. The molecule has 8 heteroatoms. The topological polar surface area (TPSA) is 96.9 Å². The summed E-state index contributed by atoms with van der Waals surface area (Å²) in [5, 5.41) is 21.0. The van der Waals surface area contributed by atoms with Crippen molar-refractivity contribution in [2.75, 3.05) is 19.0 Å². The van der Waals surface area contributed by atoms with Crippen LogP contribution in [0.3, 0.4) is 0 Å². The van der Waals surface area contributed by atoms with Crippen LogP contribution >= 0.6 is 0 Å². The maximum Gasteiger partial charge on any atom is 0.207 e. The van der Waals surface area contributed by atoms with Crippen LogP contribution in [0.4, 0.5) is 5.69 Å². The molecule has 5 rings (SSSR count). The van der Waals surface area contributed by atoms with Crippen LogP contribution in [0, 0.1) is 11.3 Å². The number of aromatic nitrogens is 3. The van der Waals surface area contributed by atoms with Crippen molar-refractivity contribution < 1.29 is 9.53 Å². The summed E-state index contributed by atoms with van der Waals surface area (Å²) in [4.78, 5) is 9.50. The van der Waals surface area contributed by atoms with Crippen LogP contribution in [0.25, 0.3) is 22.2 Å². The third kappa shape index (κ3) is 6.17. The number of rotatable bonds is 10. The van der Waals surface area contributed by atoms with Gasteiger partial charge in [0, 0.05) is 61.6 Å². The Morgan fingerprint density at radius 1 is 1.21 bits per heavy atom. The van der Waals surface area contributed by atoms with E-state index in [9.17, 15) is 10.1 Å². The Labute approximate surface area is 224 Å². The number of nitrogens with one attached hydrogen (secondary N) is 2. The summed E-state index contributed by atoms with van der Waals surface area (Å²) in [6.07, 6.45) is 8.86. The highest BCUT2D eigenvalue weighted by Gasteiger charge is 2.28.